The summed E-state index contributed by atoms with van der Waals surface area (Å²) in [5, 5.41) is 18.7. The van der Waals surface area contributed by atoms with E-state index >= 15 is 0 Å². The fourth-order valence-corrected chi connectivity index (χ4v) is 1.59. The molecule has 0 aromatic rings. The van der Waals surface area contributed by atoms with E-state index in [4.69, 9.17) is 14.2 Å². The van der Waals surface area contributed by atoms with Crippen LogP contribution in [0.2, 0.25) is 0 Å². The van der Waals surface area contributed by atoms with Crippen LogP contribution in [0.25, 0.3) is 0 Å². The van der Waals surface area contributed by atoms with E-state index in [0.29, 0.717) is 0 Å². The van der Waals surface area contributed by atoms with Gasteiger partial charge in [-0.1, -0.05) is 0 Å². The van der Waals surface area contributed by atoms with Gasteiger partial charge in [-0.15, -0.1) is 0 Å². The minimum atomic E-state index is -1.32. The molecule has 6 heteroatoms. The molecule has 13 heavy (non-hydrogen) atoms. The Balaban J connectivity index is 2.14. The lowest BCUT2D eigenvalue weighted by atomic mass is 10.1. The highest BCUT2D eigenvalue weighted by Gasteiger charge is 2.56. The third-order valence-corrected chi connectivity index (χ3v) is 2.27. The number of ether oxygens (including phenoxy) is 3. The quantitative estimate of drug-likeness (QED) is 0.465. The zero-order valence-corrected chi connectivity index (χ0v) is 6.91. The average Bonchev–Trinajstić information content (AvgIpc) is 2.56. The van der Waals surface area contributed by atoms with Gasteiger partial charge in [0, 0.05) is 7.11 Å². The van der Waals surface area contributed by atoms with Crippen LogP contribution in [-0.2, 0) is 19.0 Å². The predicted molar refractivity (Wildman–Crippen MR) is 37.6 cm³/mol. The molecule has 0 saturated carbocycles. The maximum Gasteiger partial charge on any atom is 0.338 e. The molecule has 2 saturated heterocycles. The molecule has 2 aliphatic heterocycles. The van der Waals surface area contributed by atoms with Crippen molar-refractivity contribution in [3.05, 3.63) is 0 Å². The van der Waals surface area contributed by atoms with Crippen molar-refractivity contribution >= 4 is 5.97 Å². The monoisotopic (exact) mass is 190 g/mol. The first-order valence-electron chi connectivity index (χ1n) is 3.90. The number of esters is 1. The Morgan fingerprint density at radius 3 is 2.62 bits per heavy atom. The third kappa shape index (κ3) is 1.14. The molecule has 6 nitrogen and oxygen atoms in total. The first kappa shape index (κ1) is 8.89. The van der Waals surface area contributed by atoms with Crippen LogP contribution in [0.1, 0.15) is 0 Å². The largest absolute Gasteiger partial charge is 0.454 e. The standard InChI is InChI=1S/C7H10O6/c1-11-7-3(9)5-4(13-7)2(8)6(10)12-5/h2-5,7-9H,1H3/t2-,3+,4-,5-,7-/m0/s1. The first-order chi connectivity index (χ1) is 6.15. The van der Waals surface area contributed by atoms with Crippen molar-refractivity contribution in [2.45, 2.75) is 30.7 Å². The van der Waals surface area contributed by atoms with Crippen LogP contribution in [0.15, 0.2) is 0 Å². The fraction of sp³-hybridized carbons (Fsp3) is 0.857. The summed E-state index contributed by atoms with van der Waals surface area (Å²) in [6.07, 6.45) is -4.81. The smallest absolute Gasteiger partial charge is 0.338 e. The van der Waals surface area contributed by atoms with Gasteiger partial charge in [0.2, 0.25) is 0 Å². The van der Waals surface area contributed by atoms with Crippen molar-refractivity contribution in [2.24, 2.45) is 0 Å². The second-order valence-electron chi connectivity index (χ2n) is 3.04. The van der Waals surface area contributed by atoms with Crippen LogP contribution in [0.3, 0.4) is 0 Å². The maximum atomic E-state index is 10.8. The second kappa shape index (κ2) is 2.91. The number of fused-ring (bicyclic) bond motifs is 1. The molecule has 0 aliphatic carbocycles. The number of carbonyl (C=O) groups is 1. The fourth-order valence-electron chi connectivity index (χ4n) is 1.59. The molecular formula is C7H10O6. The van der Waals surface area contributed by atoms with Crippen LogP contribution in [0.5, 0.6) is 0 Å². The molecular weight excluding hydrogens is 180 g/mol. The summed E-state index contributed by atoms with van der Waals surface area (Å²) in [6.45, 7) is 0. The molecule has 2 heterocycles. The molecule has 0 spiro atoms. The summed E-state index contributed by atoms with van der Waals surface area (Å²) in [6, 6.07) is 0. The number of carbonyl (C=O) groups excluding carboxylic acids is 1. The SMILES string of the molecule is CO[C@H]1O[C@@H]2[C@@H](OC(=O)[C@H]2O)[C@H]1O. The number of methoxy groups -OCH3 is 1. The van der Waals surface area contributed by atoms with E-state index in [1.165, 1.54) is 7.11 Å². The zero-order chi connectivity index (χ0) is 9.59. The summed E-state index contributed by atoms with van der Waals surface area (Å²) in [5.41, 5.74) is 0. The molecule has 2 rings (SSSR count). The van der Waals surface area contributed by atoms with Gasteiger partial charge in [-0.3, -0.25) is 0 Å². The van der Waals surface area contributed by atoms with Gasteiger partial charge in [0.1, 0.15) is 12.2 Å². The highest BCUT2D eigenvalue weighted by atomic mass is 16.7. The van der Waals surface area contributed by atoms with Crippen molar-refractivity contribution in [3.8, 4) is 0 Å². The third-order valence-electron chi connectivity index (χ3n) is 2.27. The lowest BCUT2D eigenvalue weighted by Gasteiger charge is -2.14. The highest BCUT2D eigenvalue weighted by Crippen LogP contribution is 2.31. The van der Waals surface area contributed by atoms with E-state index in [1.54, 1.807) is 0 Å². The van der Waals surface area contributed by atoms with Gasteiger partial charge in [0.05, 0.1) is 0 Å². The second-order valence-corrected chi connectivity index (χ2v) is 3.04. The van der Waals surface area contributed by atoms with Crippen molar-refractivity contribution in [3.63, 3.8) is 0 Å². The van der Waals surface area contributed by atoms with Gasteiger partial charge in [0.15, 0.2) is 18.5 Å². The molecule has 0 amide bonds. The molecule has 2 aliphatic rings. The van der Waals surface area contributed by atoms with E-state index < -0.39 is 36.7 Å². The predicted octanol–water partition coefficient (Wildman–Crippen LogP) is -2.00. The molecule has 0 radical (unpaired) electrons. The Morgan fingerprint density at radius 1 is 1.38 bits per heavy atom. The molecule has 2 N–H and O–H groups in total. The lowest BCUT2D eigenvalue weighted by Crippen LogP contribution is -2.32. The molecule has 0 aromatic carbocycles. The normalized spacial score (nSPS) is 49.2. The molecule has 5 atom stereocenters. The topological polar surface area (TPSA) is 85.2 Å². The summed E-state index contributed by atoms with van der Waals surface area (Å²) < 4.78 is 14.5. The van der Waals surface area contributed by atoms with Crippen LogP contribution in [0, 0.1) is 0 Å². The van der Waals surface area contributed by atoms with Crippen LogP contribution >= 0.6 is 0 Å². The van der Waals surface area contributed by atoms with Crippen molar-refractivity contribution in [1.29, 1.82) is 0 Å². The molecule has 74 valence electrons. The first-order valence-corrected chi connectivity index (χ1v) is 3.90. The maximum absolute atomic E-state index is 10.8. The van der Waals surface area contributed by atoms with Crippen LogP contribution in [0.4, 0.5) is 0 Å². The summed E-state index contributed by atoms with van der Waals surface area (Å²) in [5.74, 6) is -0.761. The Labute approximate surface area is 74.0 Å². The number of rotatable bonds is 1. The van der Waals surface area contributed by atoms with E-state index in [2.05, 4.69) is 0 Å². The van der Waals surface area contributed by atoms with Gasteiger partial charge >= 0.3 is 5.97 Å². The molecule has 0 bridgehead atoms. The molecule has 2 fully saturated rings. The summed E-state index contributed by atoms with van der Waals surface area (Å²) in [4.78, 5) is 10.8. The van der Waals surface area contributed by atoms with E-state index in [9.17, 15) is 15.0 Å². The van der Waals surface area contributed by atoms with E-state index in [-0.39, 0.29) is 0 Å². The van der Waals surface area contributed by atoms with Gasteiger partial charge in [-0.05, 0) is 0 Å². The zero-order valence-electron chi connectivity index (χ0n) is 6.91. The van der Waals surface area contributed by atoms with Gasteiger partial charge < -0.3 is 24.4 Å². The minimum Gasteiger partial charge on any atom is -0.454 e. The number of hydrogen-bond donors (Lipinski definition) is 2. The molecule has 0 aromatic heterocycles. The van der Waals surface area contributed by atoms with Crippen LogP contribution < -0.4 is 0 Å². The van der Waals surface area contributed by atoms with Gasteiger partial charge in [-0.2, -0.15) is 0 Å². The summed E-state index contributed by atoms with van der Waals surface area (Å²) >= 11 is 0. The number of aliphatic hydroxyl groups excluding tert-OH is 2. The van der Waals surface area contributed by atoms with E-state index in [1.807, 2.05) is 0 Å². The number of aliphatic hydroxyl groups is 2. The Kier molecular flexibility index (Phi) is 1.99. The number of hydrogen-bond acceptors (Lipinski definition) is 6. The Morgan fingerprint density at radius 2 is 2.08 bits per heavy atom. The van der Waals surface area contributed by atoms with Crippen molar-refractivity contribution < 1.29 is 29.2 Å². The highest BCUT2D eigenvalue weighted by molar-refractivity contribution is 5.78. The van der Waals surface area contributed by atoms with Gasteiger partial charge in [-0.25, -0.2) is 4.79 Å². The molecule has 0 unspecified atom stereocenters. The Bertz CT molecular complexity index is 229. The lowest BCUT2D eigenvalue weighted by molar-refractivity contribution is -0.177. The summed E-state index contributed by atoms with van der Waals surface area (Å²) in [7, 11) is 1.36. The van der Waals surface area contributed by atoms with Gasteiger partial charge in [0.25, 0.3) is 0 Å². The minimum absolute atomic E-state index is 0.761. The van der Waals surface area contributed by atoms with E-state index in [0.717, 1.165) is 0 Å². The van der Waals surface area contributed by atoms with Crippen molar-refractivity contribution in [1.82, 2.24) is 0 Å². The average molecular weight is 190 g/mol. The van der Waals surface area contributed by atoms with Crippen LogP contribution in [-0.4, -0.2) is 54.0 Å². The Hall–Kier alpha value is -0.690. The van der Waals surface area contributed by atoms with Crippen molar-refractivity contribution in [2.75, 3.05) is 7.11 Å².